The Hall–Kier alpha value is -3.11. The van der Waals surface area contributed by atoms with Gasteiger partial charge in [-0.3, -0.25) is 4.79 Å². The molecular weight excluding hydrogens is 621 g/mol. The number of aromatic nitrogens is 2. The fourth-order valence-electron chi connectivity index (χ4n) is 5.48. The Labute approximate surface area is 247 Å². The summed E-state index contributed by atoms with van der Waals surface area (Å²) in [6, 6.07) is 22.8. The molecule has 1 aliphatic rings. The molecule has 1 amide bonds. The molecule has 8 heteroatoms. The molecule has 208 valence electrons. The van der Waals surface area contributed by atoms with Gasteiger partial charge in [-0.1, -0.05) is 97.1 Å². The molecule has 1 aromatic heterocycles. The number of carbonyl (C=O) groups is 1. The van der Waals surface area contributed by atoms with Crippen molar-refractivity contribution >= 4 is 28.5 Å². The first-order valence-corrected chi connectivity index (χ1v) is 14.9. The van der Waals surface area contributed by atoms with Crippen LogP contribution in [-0.2, 0) is 0 Å². The van der Waals surface area contributed by atoms with Gasteiger partial charge in [-0.05, 0) is 49.5 Å². The Kier molecular flexibility index (Phi) is 8.95. The predicted octanol–water partition coefficient (Wildman–Crippen LogP) is 7.40. The van der Waals surface area contributed by atoms with Gasteiger partial charge in [0.2, 0.25) is 0 Å². The van der Waals surface area contributed by atoms with E-state index in [1.807, 2.05) is 59.6 Å². The molecule has 1 aliphatic heterocycles. The zero-order chi connectivity index (χ0) is 28.2. The Balaban J connectivity index is 1.68. The third kappa shape index (κ3) is 5.98. The summed E-state index contributed by atoms with van der Waals surface area (Å²) in [7, 11) is 0. The summed E-state index contributed by atoms with van der Waals surface area (Å²) in [6.07, 6.45) is 3.51. The third-order valence-electron chi connectivity index (χ3n) is 7.44. The monoisotopic (exact) mass is 654 g/mol. The van der Waals surface area contributed by atoms with Gasteiger partial charge in [0, 0.05) is 23.9 Å². The largest absolute Gasteiger partial charge is 0.325 e. The normalized spacial score (nSPS) is 15.7. The van der Waals surface area contributed by atoms with Crippen LogP contribution in [0.2, 0.25) is 0 Å². The van der Waals surface area contributed by atoms with Gasteiger partial charge in [-0.25, -0.2) is 13.8 Å². The van der Waals surface area contributed by atoms with Crippen molar-refractivity contribution in [2.24, 2.45) is 5.92 Å². The first-order valence-electron chi connectivity index (χ1n) is 13.7. The van der Waals surface area contributed by atoms with Crippen molar-refractivity contribution in [3.63, 3.8) is 0 Å². The molecule has 5 rings (SSSR count). The number of nitrogens with zero attached hydrogens (tertiary/aromatic N) is 3. The molecule has 0 spiro atoms. The van der Waals surface area contributed by atoms with Gasteiger partial charge in [0.15, 0.2) is 0 Å². The number of amides is 1. The molecule has 0 saturated carbocycles. The molecule has 40 heavy (non-hydrogen) atoms. The Morgan fingerprint density at radius 1 is 1.00 bits per heavy atom. The predicted molar refractivity (Wildman–Crippen MR) is 162 cm³/mol. The zero-order valence-electron chi connectivity index (χ0n) is 22.6. The number of hydrogen-bond donors (Lipinski definition) is 1. The van der Waals surface area contributed by atoms with Crippen LogP contribution in [0.5, 0.6) is 0 Å². The van der Waals surface area contributed by atoms with Gasteiger partial charge in [-0.2, -0.15) is 0 Å². The fourth-order valence-corrected chi connectivity index (χ4v) is 6.34. The average molecular weight is 655 g/mol. The second-order valence-electron chi connectivity index (χ2n) is 10.5. The van der Waals surface area contributed by atoms with E-state index in [-0.39, 0.29) is 21.6 Å². The van der Waals surface area contributed by atoms with Crippen LogP contribution in [0.15, 0.2) is 85.1 Å². The van der Waals surface area contributed by atoms with Crippen molar-refractivity contribution < 1.29 is 13.6 Å². The highest BCUT2D eigenvalue weighted by Crippen LogP contribution is 2.39. The molecule has 5 nitrogen and oxygen atoms in total. The number of rotatable bonds is 8. The van der Waals surface area contributed by atoms with Crippen LogP contribution in [-0.4, -0.2) is 39.5 Å². The summed E-state index contributed by atoms with van der Waals surface area (Å²) in [5.74, 6) is -1.29. The maximum Gasteiger partial charge on any atom is 0.257 e. The lowest BCUT2D eigenvalue weighted by atomic mass is 9.94. The summed E-state index contributed by atoms with van der Waals surface area (Å²) >= 11 is 2.41. The van der Waals surface area contributed by atoms with E-state index in [0.717, 1.165) is 60.7 Å². The average Bonchev–Trinajstić information content (AvgIpc) is 3.41. The molecule has 1 N–H and O–H groups in total. The van der Waals surface area contributed by atoms with E-state index in [0.29, 0.717) is 0 Å². The van der Waals surface area contributed by atoms with Gasteiger partial charge in [0.05, 0.1) is 17.3 Å². The first kappa shape index (κ1) is 28.4. The lowest BCUT2D eigenvalue weighted by Crippen LogP contribution is -2.50. The van der Waals surface area contributed by atoms with Gasteiger partial charge >= 0.3 is 0 Å². The number of alkyl halides is 1. The van der Waals surface area contributed by atoms with E-state index >= 15 is 4.39 Å². The Morgan fingerprint density at radius 3 is 2.27 bits per heavy atom. The first-order chi connectivity index (χ1) is 19.3. The Morgan fingerprint density at radius 2 is 1.65 bits per heavy atom. The molecule has 0 aliphatic carbocycles. The summed E-state index contributed by atoms with van der Waals surface area (Å²) < 4.78 is 30.9. The fraction of sp³-hybridized carbons (Fsp3) is 0.312. The molecule has 1 unspecified atom stereocenters. The number of nitrogens with one attached hydrogen (secondary N) is 1. The highest BCUT2D eigenvalue weighted by atomic mass is 127. The van der Waals surface area contributed by atoms with Crippen LogP contribution in [0.1, 0.15) is 58.5 Å². The molecule has 4 aromatic rings. The molecule has 1 fully saturated rings. The lowest BCUT2D eigenvalue weighted by Gasteiger charge is -2.42. The van der Waals surface area contributed by atoms with Crippen molar-refractivity contribution in [3.05, 3.63) is 114 Å². The Bertz CT molecular complexity index is 1440. The highest BCUT2D eigenvalue weighted by Gasteiger charge is 2.39. The smallest absolute Gasteiger partial charge is 0.257 e. The lowest BCUT2D eigenvalue weighted by molar-refractivity contribution is 0.0414. The summed E-state index contributed by atoms with van der Waals surface area (Å²) in [5, 5.41) is 3.37. The molecule has 3 aromatic carbocycles. The molecule has 0 radical (unpaired) electrons. The SMILES string of the molecule is CC(C)[C@H](c1nc(-c2ccccc2)cn1C(I)c1ccccc1)N(C(=O)c1ccc(F)cc1F)C1CCNCC1. The van der Waals surface area contributed by atoms with Gasteiger partial charge in [-0.15, -0.1) is 0 Å². The van der Waals surface area contributed by atoms with E-state index < -0.39 is 23.6 Å². The van der Waals surface area contributed by atoms with Crippen molar-refractivity contribution in [2.75, 3.05) is 13.1 Å². The van der Waals surface area contributed by atoms with Crippen molar-refractivity contribution in [3.8, 4) is 11.3 Å². The summed E-state index contributed by atoms with van der Waals surface area (Å²) in [4.78, 5) is 21.2. The second-order valence-corrected chi connectivity index (χ2v) is 11.7. The van der Waals surface area contributed by atoms with E-state index in [4.69, 9.17) is 4.98 Å². The number of hydrogen-bond acceptors (Lipinski definition) is 3. The van der Waals surface area contributed by atoms with Crippen LogP contribution in [0.25, 0.3) is 11.3 Å². The molecule has 1 saturated heterocycles. The summed E-state index contributed by atoms with van der Waals surface area (Å²) in [6.45, 7) is 5.65. The van der Waals surface area contributed by atoms with Crippen LogP contribution >= 0.6 is 22.6 Å². The zero-order valence-corrected chi connectivity index (χ0v) is 24.8. The van der Waals surface area contributed by atoms with Gasteiger partial charge < -0.3 is 14.8 Å². The van der Waals surface area contributed by atoms with Crippen molar-refractivity contribution in [1.29, 1.82) is 0 Å². The maximum atomic E-state index is 15.0. The second kappa shape index (κ2) is 12.6. The van der Waals surface area contributed by atoms with E-state index in [1.165, 1.54) is 6.07 Å². The molecule has 2 atom stereocenters. The third-order valence-corrected chi connectivity index (χ3v) is 8.76. The van der Waals surface area contributed by atoms with Crippen LogP contribution in [0, 0.1) is 17.6 Å². The molecule has 0 bridgehead atoms. The number of imidazole rings is 1. The molecule has 2 heterocycles. The summed E-state index contributed by atoms with van der Waals surface area (Å²) in [5.41, 5.74) is 2.77. The number of carbonyl (C=O) groups excluding carboxylic acids is 1. The minimum Gasteiger partial charge on any atom is -0.325 e. The van der Waals surface area contributed by atoms with Crippen LogP contribution in [0.4, 0.5) is 8.78 Å². The van der Waals surface area contributed by atoms with E-state index in [9.17, 15) is 9.18 Å². The van der Waals surface area contributed by atoms with Crippen molar-refractivity contribution in [2.45, 2.75) is 42.8 Å². The van der Waals surface area contributed by atoms with Gasteiger partial charge in [0.1, 0.15) is 21.5 Å². The standard InChI is InChI=1S/C32H33F2IN4O/c1-21(2)29(39(25-15-17-36-18-16-25)32(40)26-14-13-24(33)19-27(26)34)31-37-28(22-9-5-3-6-10-22)20-38(31)30(35)23-11-7-4-8-12-23/h3-14,19-21,25,29-30,36H,15-18H2,1-2H3/t29-,30?/m1/s1. The van der Waals surface area contributed by atoms with E-state index in [2.05, 4.69) is 58.5 Å². The van der Waals surface area contributed by atoms with Crippen LogP contribution < -0.4 is 5.32 Å². The minimum atomic E-state index is -0.851. The molecular formula is C32H33F2IN4O. The van der Waals surface area contributed by atoms with Gasteiger partial charge in [0.25, 0.3) is 5.91 Å². The minimum absolute atomic E-state index is 0.0357. The highest BCUT2D eigenvalue weighted by molar-refractivity contribution is 14.1. The maximum absolute atomic E-state index is 15.0. The number of benzene rings is 3. The van der Waals surface area contributed by atoms with Crippen LogP contribution in [0.3, 0.4) is 0 Å². The quantitative estimate of drug-likeness (QED) is 0.159. The number of halogens is 3. The number of piperidine rings is 1. The van der Waals surface area contributed by atoms with Crippen molar-refractivity contribution in [1.82, 2.24) is 19.8 Å². The topological polar surface area (TPSA) is 50.2 Å². The van der Waals surface area contributed by atoms with E-state index in [1.54, 1.807) is 0 Å².